The van der Waals surface area contributed by atoms with Gasteiger partial charge in [-0.3, -0.25) is 19.2 Å². The Morgan fingerprint density at radius 3 is 1.82 bits per heavy atom. The predicted octanol–water partition coefficient (Wildman–Crippen LogP) is 3.44. The van der Waals surface area contributed by atoms with Gasteiger partial charge in [0.1, 0.15) is 32.2 Å². The summed E-state index contributed by atoms with van der Waals surface area (Å²) in [5, 5.41) is 10.8. The second kappa shape index (κ2) is 38.5. The molecule has 0 heterocycles. The molecule has 0 saturated heterocycles. The molecule has 0 aromatic heterocycles. The molecule has 0 bridgehead atoms. The van der Waals surface area contributed by atoms with Crippen LogP contribution >= 0.6 is 0 Å². The Balaban J connectivity index is -0.000000644. The van der Waals surface area contributed by atoms with Crippen molar-refractivity contribution in [3.8, 4) is 0 Å². The lowest BCUT2D eigenvalue weighted by Crippen LogP contribution is -2.84. The number of rotatable bonds is 27. The van der Waals surface area contributed by atoms with Crippen LogP contribution in [-0.2, 0) is 47.7 Å². The number of carbonyl (C=O) groups is 5. The van der Waals surface area contributed by atoms with Gasteiger partial charge >= 0.3 is 17.9 Å². The van der Waals surface area contributed by atoms with Crippen LogP contribution in [0.15, 0.2) is 0 Å². The van der Waals surface area contributed by atoms with Crippen LogP contribution in [0.3, 0.4) is 0 Å². The molecule has 44 heavy (non-hydrogen) atoms. The number of unbranched alkanes of at least 4 members (excludes halogenated alkanes) is 8. The second-order valence-electron chi connectivity index (χ2n) is 10.1. The molecule has 0 fully saturated rings. The lowest BCUT2D eigenvalue weighted by molar-refractivity contribution is -0.652. The first-order valence-electron chi connectivity index (χ1n) is 16.2. The van der Waals surface area contributed by atoms with Crippen LogP contribution in [0.2, 0.25) is 0 Å². The van der Waals surface area contributed by atoms with Gasteiger partial charge in [-0.2, -0.15) is 0 Å². The summed E-state index contributed by atoms with van der Waals surface area (Å²) in [6.45, 7) is 9.49. The first kappa shape index (κ1) is 45.9. The van der Waals surface area contributed by atoms with E-state index in [4.69, 9.17) is 24.1 Å². The minimum atomic E-state index is -0.821. The van der Waals surface area contributed by atoms with Crippen LogP contribution in [0.4, 0.5) is 0 Å². The molecular weight excluding hydrogens is 574 g/mol. The number of aliphatic hydroxyl groups is 1. The molecule has 3 N–H and O–H groups in total. The highest BCUT2D eigenvalue weighted by Gasteiger charge is 2.16. The van der Waals surface area contributed by atoms with Crippen molar-refractivity contribution in [3.63, 3.8) is 0 Å². The maximum atomic E-state index is 11.4. The van der Waals surface area contributed by atoms with Crippen LogP contribution in [0.25, 0.3) is 0 Å². The molecule has 2 unspecified atom stereocenters. The van der Waals surface area contributed by atoms with Crippen molar-refractivity contribution in [1.29, 1.82) is 0 Å². The van der Waals surface area contributed by atoms with Gasteiger partial charge in [0.15, 0.2) is 6.10 Å². The number of aldehydes is 1. The fraction of sp³-hybridized carbons (Fsp3) is 0.844. The Kier molecular flexibility index (Phi) is 40.1. The largest absolute Gasteiger partial charge is 0.465 e. The third-order valence-corrected chi connectivity index (χ3v) is 6.07. The smallest absolute Gasteiger partial charge is 0.311 e. The lowest BCUT2D eigenvalue weighted by atomic mass is 10.1. The van der Waals surface area contributed by atoms with E-state index in [1.807, 2.05) is 5.32 Å². The van der Waals surface area contributed by atoms with Gasteiger partial charge in [-0.1, -0.05) is 85.5 Å². The van der Waals surface area contributed by atoms with Gasteiger partial charge in [0.2, 0.25) is 0 Å². The number of esters is 3. The molecule has 0 aliphatic carbocycles. The zero-order valence-corrected chi connectivity index (χ0v) is 28.1. The Morgan fingerprint density at radius 1 is 0.705 bits per heavy atom. The normalized spacial score (nSPS) is 11.4. The quantitative estimate of drug-likeness (QED) is 0.0586. The highest BCUT2D eigenvalue weighted by Crippen LogP contribution is 2.07. The summed E-state index contributed by atoms with van der Waals surface area (Å²) in [6, 6.07) is 0. The molecule has 0 spiro atoms. The van der Waals surface area contributed by atoms with E-state index in [0.29, 0.717) is 32.4 Å². The molecule has 0 saturated carbocycles. The first-order valence-corrected chi connectivity index (χ1v) is 16.2. The average molecular weight is 637 g/mol. The molecule has 12 heteroatoms. The van der Waals surface area contributed by atoms with E-state index in [0.717, 1.165) is 19.1 Å². The Bertz CT molecular complexity index is 673. The van der Waals surface area contributed by atoms with E-state index in [-0.39, 0.29) is 38.6 Å². The summed E-state index contributed by atoms with van der Waals surface area (Å²) in [7, 11) is 1.49. The number of hydrogen-bond donors (Lipinski definition) is 2. The Hall–Kier alpha value is -2.57. The van der Waals surface area contributed by atoms with Crippen molar-refractivity contribution >= 4 is 30.7 Å². The van der Waals surface area contributed by atoms with E-state index >= 15 is 0 Å². The van der Waals surface area contributed by atoms with Gasteiger partial charge in [0.25, 0.3) is 6.47 Å². The van der Waals surface area contributed by atoms with E-state index in [9.17, 15) is 24.0 Å². The third-order valence-electron chi connectivity index (χ3n) is 6.07. The summed E-state index contributed by atoms with van der Waals surface area (Å²) in [5.41, 5.74) is 0. The lowest BCUT2D eigenvalue weighted by Gasteiger charge is -2.15. The number of methoxy groups -OCH3 is 1. The summed E-state index contributed by atoms with van der Waals surface area (Å²) in [4.78, 5) is 53.8. The maximum absolute atomic E-state index is 11.4. The van der Waals surface area contributed by atoms with E-state index in [1.54, 1.807) is 6.92 Å². The van der Waals surface area contributed by atoms with Crippen molar-refractivity contribution in [1.82, 2.24) is 0 Å². The van der Waals surface area contributed by atoms with Gasteiger partial charge in [-0.25, -0.2) is 0 Å². The number of aliphatic hydroxyl groups excluding tert-OH is 1. The van der Waals surface area contributed by atoms with Gasteiger partial charge < -0.3 is 38.9 Å². The predicted molar refractivity (Wildman–Crippen MR) is 167 cm³/mol. The summed E-state index contributed by atoms with van der Waals surface area (Å²) in [5.74, 6) is -1.09. The van der Waals surface area contributed by atoms with Crippen LogP contribution in [0, 0.1) is 0 Å². The minimum absolute atomic E-state index is 0.101. The SMILES string of the molecule is CCC(=O)OCC(CO)OC(=O)CC[NH2+]CCC=O.CCCCCC.CCCCCCCCC(=O)OCC(COC=O)OC. The highest BCUT2D eigenvalue weighted by atomic mass is 16.6. The molecular formula is C32H62NO11+. The third kappa shape index (κ3) is 37.5. The van der Waals surface area contributed by atoms with E-state index < -0.39 is 30.8 Å². The van der Waals surface area contributed by atoms with Gasteiger partial charge in [0.05, 0.1) is 32.5 Å². The second-order valence-corrected chi connectivity index (χ2v) is 10.1. The highest BCUT2D eigenvalue weighted by molar-refractivity contribution is 5.70. The molecule has 2 atom stereocenters. The minimum Gasteiger partial charge on any atom is -0.465 e. The first-order chi connectivity index (χ1) is 21.3. The number of carbonyl (C=O) groups excluding carboxylic acids is 5. The van der Waals surface area contributed by atoms with Crippen molar-refractivity contribution in [3.05, 3.63) is 0 Å². The molecule has 0 aromatic carbocycles. The maximum Gasteiger partial charge on any atom is 0.311 e. The zero-order chi connectivity index (χ0) is 33.7. The number of quaternary nitrogens is 1. The van der Waals surface area contributed by atoms with Crippen molar-refractivity contribution in [2.75, 3.05) is 46.6 Å². The fourth-order valence-corrected chi connectivity index (χ4v) is 3.35. The number of hydrogen-bond acceptors (Lipinski definition) is 11. The molecule has 0 amide bonds. The fourth-order valence-electron chi connectivity index (χ4n) is 3.35. The van der Waals surface area contributed by atoms with Crippen molar-refractivity contribution < 1.29 is 58.1 Å². The molecule has 0 rings (SSSR count). The standard InChI is InChI=1S/C14H26O5.C12H21NO6.C6H14/c1-3-4-5-6-7-8-9-14(16)19-11-13(17-2)10-18-12-15;1-2-11(16)18-9-10(8-15)19-12(17)4-6-13-5-3-7-14;1-3-5-6-4-2/h12-13H,3-11H2,1-2H3;7,10,13,15H,2-6,8-9H2,1H3;3-6H2,1-2H3/p+1. The number of ether oxygens (including phenoxy) is 5. The molecule has 0 radical (unpaired) electrons. The van der Waals surface area contributed by atoms with Gasteiger partial charge in [-0.15, -0.1) is 0 Å². The topological polar surface area (TPSA) is 168 Å². The molecule has 0 aromatic rings. The van der Waals surface area contributed by atoms with Crippen LogP contribution < -0.4 is 5.32 Å². The summed E-state index contributed by atoms with van der Waals surface area (Å²) in [6.07, 6.45) is 13.3. The monoisotopic (exact) mass is 636 g/mol. The van der Waals surface area contributed by atoms with Crippen LogP contribution in [0.1, 0.15) is 118 Å². The van der Waals surface area contributed by atoms with Crippen LogP contribution in [-0.4, -0.2) is 94.6 Å². The molecule has 260 valence electrons. The molecule has 12 nitrogen and oxygen atoms in total. The van der Waals surface area contributed by atoms with Crippen molar-refractivity contribution in [2.24, 2.45) is 0 Å². The Morgan fingerprint density at radius 2 is 1.27 bits per heavy atom. The molecule has 0 aliphatic heterocycles. The summed E-state index contributed by atoms with van der Waals surface area (Å²) >= 11 is 0. The number of nitrogens with two attached hydrogens (primary N) is 1. The zero-order valence-electron chi connectivity index (χ0n) is 28.1. The Labute approximate surface area is 265 Å². The average Bonchev–Trinajstić information content (AvgIpc) is 3.04. The van der Waals surface area contributed by atoms with E-state index in [2.05, 4.69) is 25.5 Å². The van der Waals surface area contributed by atoms with Gasteiger partial charge in [0, 0.05) is 20.0 Å². The van der Waals surface area contributed by atoms with Crippen LogP contribution in [0.5, 0.6) is 0 Å². The van der Waals surface area contributed by atoms with Gasteiger partial charge in [-0.05, 0) is 6.42 Å². The van der Waals surface area contributed by atoms with E-state index in [1.165, 1.54) is 58.5 Å². The summed E-state index contributed by atoms with van der Waals surface area (Å²) < 4.78 is 24.4. The van der Waals surface area contributed by atoms with Crippen molar-refractivity contribution in [2.45, 2.75) is 130 Å². The molecule has 0 aliphatic rings.